The van der Waals surface area contributed by atoms with Crippen LogP contribution in [0.2, 0.25) is 0 Å². The summed E-state index contributed by atoms with van der Waals surface area (Å²) in [6.07, 6.45) is 8.99. The van der Waals surface area contributed by atoms with E-state index in [4.69, 9.17) is 14.7 Å². The Labute approximate surface area is 246 Å². The van der Waals surface area contributed by atoms with Crippen LogP contribution in [0.1, 0.15) is 36.9 Å². The fraction of sp³-hybridized carbons (Fsp3) is 0.406. The maximum absolute atomic E-state index is 12.4. The second kappa shape index (κ2) is 14.7. The molecular formula is C32H39N7O3. The molecule has 42 heavy (non-hydrogen) atoms. The molecule has 0 aliphatic carbocycles. The van der Waals surface area contributed by atoms with Crippen LogP contribution >= 0.6 is 0 Å². The lowest BCUT2D eigenvalue weighted by Crippen LogP contribution is -2.37. The molecule has 0 radical (unpaired) electrons. The van der Waals surface area contributed by atoms with Crippen molar-refractivity contribution in [1.29, 1.82) is 0 Å². The van der Waals surface area contributed by atoms with Gasteiger partial charge >= 0.3 is 5.97 Å². The van der Waals surface area contributed by atoms with E-state index in [-0.39, 0.29) is 0 Å². The van der Waals surface area contributed by atoms with Crippen molar-refractivity contribution in [3.8, 4) is 11.4 Å². The number of benzene rings is 1. The largest absolute Gasteiger partial charge is 0.480 e. The highest BCUT2D eigenvalue weighted by molar-refractivity contribution is 5.92. The summed E-state index contributed by atoms with van der Waals surface area (Å²) in [5, 5.41) is 17.5. The third-order valence-corrected chi connectivity index (χ3v) is 7.59. The number of methoxy groups -OCH3 is 1. The predicted octanol–water partition coefficient (Wildman–Crippen LogP) is 4.67. The van der Waals surface area contributed by atoms with Crippen molar-refractivity contribution < 1.29 is 14.6 Å². The minimum atomic E-state index is -0.917. The van der Waals surface area contributed by atoms with Gasteiger partial charge in [-0.1, -0.05) is 18.2 Å². The van der Waals surface area contributed by atoms with Crippen LogP contribution in [-0.4, -0.2) is 81.8 Å². The number of carboxylic acids is 1. The Hall–Kier alpha value is -4.15. The van der Waals surface area contributed by atoms with Crippen LogP contribution < -0.4 is 10.6 Å². The van der Waals surface area contributed by atoms with Gasteiger partial charge in [0.2, 0.25) is 0 Å². The summed E-state index contributed by atoms with van der Waals surface area (Å²) in [5.41, 5.74) is 3.93. The number of pyridine rings is 2. The third-order valence-electron chi connectivity index (χ3n) is 7.59. The fourth-order valence-corrected chi connectivity index (χ4v) is 5.25. The summed E-state index contributed by atoms with van der Waals surface area (Å²) < 4.78 is 5.34. The second-order valence-electron chi connectivity index (χ2n) is 10.6. The quantitative estimate of drug-likeness (QED) is 0.174. The summed E-state index contributed by atoms with van der Waals surface area (Å²) in [4.78, 5) is 33.0. The number of ether oxygens (including phenoxy) is 1. The van der Waals surface area contributed by atoms with E-state index >= 15 is 0 Å². The van der Waals surface area contributed by atoms with Gasteiger partial charge < -0.3 is 25.4 Å². The Morgan fingerprint density at radius 1 is 1.07 bits per heavy atom. The summed E-state index contributed by atoms with van der Waals surface area (Å²) in [6.45, 7) is 3.80. The number of para-hydroxylation sites is 1. The number of fused-ring (bicyclic) bond motifs is 2. The standard InChI is InChI=1S/C32H39N7O3/c1-42-21-20-39(18-5-4-10-25-14-13-23-8-7-17-34-29(23)35-25)19-15-28(32(40)41)37-31-26-11-2-3-12-27(26)36-30(38-31)24-9-6-16-33-22-24/h2-3,6,9,11-14,16,22,28H,4-5,7-8,10,15,17-21H2,1H3,(H,34,35)(H,40,41)(H,36,37,38). The number of nitrogens with one attached hydrogen (secondary N) is 2. The summed E-state index contributed by atoms with van der Waals surface area (Å²) in [7, 11) is 1.69. The van der Waals surface area contributed by atoms with Gasteiger partial charge in [-0.2, -0.15) is 0 Å². The molecule has 0 amide bonds. The Morgan fingerprint density at radius 2 is 1.98 bits per heavy atom. The molecule has 0 saturated carbocycles. The van der Waals surface area contributed by atoms with Crippen LogP contribution in [0.15, 0.2) is 60.9 Å². The molecule has 0 spiro atoms. The lowest BCUT2D eigenvalue weighted by Gasteiger charge is -2.24. The number of nitrogens with zero attached hydrogens (tertiary/aromatic N) is 5. The molecule has 5 rings (SSSR count). The van der Waals surface area contributed by atoms with Crippen molar-refractivity contribution in [3.05, 3.63) is 72.2 Å². The molecule has 1 unspecified atom stereocenters. The average Bonchev–Trinajstić information content (AvgIpc) is 3.03. The topological polar surface area (TPSA) is 125 Å². The van der Waals surface area contributed by atoms with E-state index in [0.29, 0.717) is 31.2 Å². The zero-order chi connectivity index (χ0) is 29.1. The number of rotatable bonds is 15. The first-order valence-electron chi connectivity index (χ1n) is 14.7. The van der Waals surface area contributed by atoms with Crippen molar-refractivity contribution >= 4 is 28.5 Å². The van der Waals surface area contributed by atoms with Crippen LogP contribution in [0.3, 0.4) is 0 Å². The Morgan fingerprint density at radius 3 is 2.81 bits per heavy atom. The second-order valence-corrected chi connectivity index (χ2v) is 10.6. The van der Waals surface area contributed by atoms with Gasteiger partial charge in [-0.25, -0.2) is 19.7 Å². The van der Waals surface area contributed by atoms with Gasteiger partial charge in [0.05, 0.1) is 12.1 Å². The highest BCUT2D eigenvalue weighted by Crippen LogP contribution is 2.25. The van der Waals surface area contributed by atoms with Crippen LogP contribution in [0.25, 0.3) is 22.3 Å². The molecule has 3 N–H and O–H groups in total. The zero-order valence-corrected chi connectivity index (χ0v) is 24.1. The molecule has 1 aliphatic heterocycles. The average molecular weight is 570 g/mol. The monoisotopic (exact) mass is 569 g/mol. The van der Waals surface area contributed by atoms with Crippen molar-refractivity contribution in [2.75, 3.05) is 50.5 Å². The van der Waals surface area contributed by atoms with Crippen molar-refractivity contribution in [2.45, 2.75) is 44.6 Å². The van der Waals surface area contributed by atoms with E-state index in [0.717, 1.165) is 79.7 Å². The van der Waals surface area contributed by atoms with Crippen molar-refractivity contribution in [2.24, 2.45) is 0 Å². The van der Waals surface area contributed by atoms with Crippen molar-refractivity contribution in [1.82, 2.24) is 24.8 Å². The number of aliphatic carboxylic acids is 1. The maximum Gasteiger partial charge on any atom is 0.326 e. The van der Waals surface area contributed by atoms with Gasteiger partial charge in [0, 0.05) is 55.8 Å². The Balaban J connectivity index is 1.21. The van der Waals surface area contributed by atoms with Crippen LogP contribution in [0, 0.1) is 0 Å². The van der Waals surface area contributed by atoms with Crippen LogP contribution in [0.5, 0.6) is 0 Å². The number of anilines is 2. The molecule has 0 saturated heterocycles. The number of carboxylic acid groups (broad SMARTS) is 1. The number of aryl methyl sites for hydroxylation is 2. The summed E-state index contributed by atoms with van der Waals surface area (Å²) in [5.74, 6) is 1.12. The van der Waals surface area contributed by atoms with E-state index in [1.165, 1.54) is 5.56 Å². The molecule has 4 aromatic rings. The molecule has 0 bridgehead atoms. The first-order valence-corrected chi connectivity index (χ1v) is 14.7. The van der Waals surface area contributed by atoms with Crippen molar-refractivity contribution in [3.63, 3.8) is 0 Å². The normalized spacial score (nSPS) is 13.5. The fourth-order valence-electron chi connectivity index (χ4n) is 5.25. The molecule has 1 aromatic carbocycles. The molecule has 10 nitrogen and oxygen atoms in total. The highest BCUT2D eigenvalue weighted by Gasteiger charge is 2.21. The van der Waals surface area contributed by atoms with Crippen LogP contribution in [0.4, 0.5) is 11.6 Å². The molecule has 0 fully saturated rings. The Bertz CT molecular complexity index is 1470. The smallest absolute Gasteiger partial charge is 0.326 e. The number of unbranched alkanes of at least 4 members (excludes halogenated alkanes) is 1. The number of carbonyl (C=O) groups is 1. The molecule has 1 aliphatic rings. The van der Waals surface area contributed by atoms with Gasteiger partial charge in [0.15, 0.2) is 5.82 Å². The molecule has 220 valence electrons. The number of hydrogen-bond acceptors (Lipinski definition) is 9. The first-order chi connectivity index (χ1) is 20.6. The van der Waals surface area contributed by atoms with Gasteiger partial charge in [0.25, 0.3) is 0 Å². The minimum Gasteiger partial charge on any atom is -0.480 e. The lowest BCUT2D eigenvalue weighted by atomic mass is 10.1. The van der Waals surface area contributed by atoms with E-state index in [1.54, 1.807) is 19.5 Å². The summed E-state index contributed by atoms with van der Waals surface area (Å²) in [6, 6.07) is 14.9. The van der Waals surface area contributed by atoms with E-state index in [2.05, 4.69) is 37.6 Å². The summed E-state index contributed by atoms with van der Waals surface area (Å²) >= 11 is 0. The molecule has 1 atom stereocenters. The molecule has 10 heteroatoms. The molecule has 4 heterocycles. The number of hydrogen-bond donors (Lipinski definition) is 3. The highest BCUT2D eigenvalue weighted by atomic mass is 16.5. The first kappa shape index (κ1) is 29.3. The molecular weight excluding hydrogens is 530 g/mol. The van der Waals surface area contributed by atoms with Gasteiger partial charge in [-0.15, -0.1) is 0 Å². The predicted molar refractivity (Wildman–Crippen MR) is 165 cm³/mol. The minimum absolute atomic E-state index is 0.414. The lowest BCUT2D eigenvalue weighted by molar-refractivity contribution is -0.138. The Kier molecular flexibility index (Phi) is 10.2. The van der Waals surface area contributed by atoms with Crippen LogP contribution in [-0.2, 0) is 22.4 Å². The number of aromatic nitrogens is 4. The van der Waals surface area contributed by atoms with Gasteiger partial charge in [-0.05, 0) is 81.0 Å². The van der Waals surface area contributed by atoms with E-state index < -0.39 is 12.0 Å². The third kappa shape index (κ3) is 7.77. The van der Waals surface area contributed by atoms with E-state index in [1.807, 2.05) is 36.4 Å². The maximum atomic E-state index is 12.4. The SMILES string of the molecule is COCCN(CCCCc1ccc2c(n1)NCCC2)CCC(Nc1nc(-c2cccnc2)nc2ccccc12)C(=O)O. The zero-order valence-electron chi connectivity index (χ0n) is 24.1. The van der Waals surface area contributed by atoms with E-state index in [9.17, 15) is 9.90 Å². The molecule has 3 aromatic heterocycles. The van der Waals surface area contributed by atoms with Gasteiger partial charge in [0.1, 0.15) is 17.7 Å². The van der Waals surface area contributed by atoms with Gasteiger partial charge in [-0.3, -0.25) is 4.98 Å².